The van der Waals surface area contributed by atoms with E-state index in [2.05, 4.69) is 22.5 Å². The van der Waals surface area contributed by atoms with Crippen LogP contribution in [-0.4, -0.2) is 67.7 Å². The SMILES string of the molecule is C[C@]1(CS(=O)(=O)N2CC=C(C#Cc3cccc4c3ccn4S(C)(=O)=O)CC2)NC(=O)NC1=O. The topological polar surface area (TPSA) is 135 Å². The average molecular weight is 491 g/mol. The fourth-order valence-electron chi connectivity index (χ4n) is 3.84. The third-order valence-electron chi connectivity index (χ3n) is 5.57. The van der Waals surface area contributed by atoms with Crippen molar-refractivity contribution in [1.82, 2.24) is 18.9 Å². The Morgan fingerprint density at radius 1 is 1.12 bits per heavy atom. The van der Waals surface area contributed by atoms with Gasteiger partial charge in [0.15, 0.2) is 0 Å². The van der Waals surface area contributed by atoms with Gasteiger partial charge in [0.05, 0.1) is 17.5 Å². The molecule has 0 unspecified atom stereocenters. The van der Waals surface area contributed by atoms with Gasteiger partial charge in [-0.1, -0.05) is 24.0 Å². The number of imide groups is 1. The fourth-order valence-corrected chi connectivity index (χ4v) is 6.43. The highest BCUT2D eigenvalue weighted by atomic mass is 32.2. The number of fused-ring (bicyclic) bond motifs is 1. The zero-order valence-electron chi connectivity index (χ0n) is 18.0. The normalized spacial score (nSPS) is 21.8. The van der Waals surface area contributed by atoms with Crippen molar-refractivity contribution in [3.8, 4) is 11.8 Å². The van der Waals surface area contributed by atoms with Crippen molar-refractivity contribution < 1.29 is 26.4 Å². The number of carbonyl (C=O) groups excluding carboxylic acids is 2. The van der Waals surface area contributed by atoms with Crippen LogP contribution in [0.25, 0.3) is 10.9 Å². The molecule has 1 saturated heterocycles. The van der Waals surface area contributed by atoms with Crippen molar-refractivity contribution in [2.75, 3.05) is 25.1 Å². The summed E-state index contributed by atoms with van der Waals surface area (Å²) in [5, 5.41) is 5.13. The van der Waals surface area contributed by atoms with Crippen LogP contribution >= 0.6 is 0 Å². The molecule has 1 aromatic heterocycles. The maximum absolute atomic E-state index is 12.8. The first-order valence-corrected chi connectivity index (χ1v) is 13.5. The van der Waals surface area contributed by atoms with Gasteiger partial charge in [-0.3, -0.25) is 10.1 Å². The van der Waals surface area contributed by atoms with Gasteiger partial charge in [-0.25, -0.2) is 25.6 Å². The van der Waals surface area contributed by atoms with Crippen LogP contribution < -0.4 is 10.6 Å². The molecular formula is C21H22N4O6S2. The Morgan fingerprint density at radius 2 is 1.88 bits per heavy atom. The summed E-state index contributed by atoms with van der Waals surface area (Å²) in [6.45, 7) is 1.68. The predicted molar refractivity (Wildman–Crippen MR) is 122 cm³/mol. The number of sulfonamides is 1. The van der Waals surface area contributed by atoms with E-state index in [1.807, 2.05) is 0 Å². The van der Waals surface area contributed by atoms with Crippen molar-refractivity contribution in [3.05, 3.63) is 47.7 Å². The summed E-state index contributed by atoms with van der Waals surface area (Å²) in [5.41, 5.74) is 0.456. The summed E-state index contributed by atoms with van der Waals surface area (Å²) in [4.78, 5) is 23.3. The van der Waals surface area contributed by atoms with E-state index in [0.29, 0.717) is 22.9 Å². The van der Waals surface area contributed by atoms with E-state index in [4.69, 9.17) is 0 Å². The van der Waals surface area contributed by atoms with Gasteiger partial charge >= 0.3 is 6.03 Å². The van der Waals surface area contributed by atoms with Gasteiger partial charge in [0.1, 0.15) is 5.54 Å². The summed E-state index contributed by atoms with van der Waals surface area (Å²) in [6, 6.07) is 6.22. The van der Waals surface area contributed by atoms with Crippen molar-refractivity contribution in [2.45, 2.75) is 18.9 Å². The third kappa shape index (κ3) is 4.52. The number of nitrogens with one attached hydrogen (secondary N) is 2. The predicted octanol–water partition coefficient (Wildman–Crippen LogP) is 0.361. The Balaban J connectivity index is 1.51. The maximum Gasteiger partial charge on any atom is 0.322 e. The Bertz CT molecular complexity index is 1480. The zero-order valence-corrected chi connectivity index (χ0v) is 19.6. The Morgan fingerprint density at radius 3 is 2.48 bits per heavy atom. The van der Waals surface area contributed by atoms with Crippen molar-refractivity contribution in [3.63, 3.8) is 0 Å². The number of hydrogen-bond acceptors (Lipinski definition) is 6. The summed E-state index contributed by atoms with van der Waals surface area (Å²) in [6.07, 6.45) is 4.72. The highest BCUT2D eigenvalue weighted by Crippen LogP contribution is 2.22. The van der Waals surface area contributed by atoms with Crippen LogP contribution in [0.15, 0.2) is 42.1 Å². The van der Waals surface area contributed by atoms with Crippen LogP contribution in [0.4, 0.5) is 4.79 Å². The van der Waals surface area contributed by atoms with Crippen LogP contribution in [0.5, 0.6) is 0 Å². The van der Waals surface area contributed by atoms with E-state index in [-0.39, 0.29) is 13.1 Å². The molecule has 174 valence electrons. The number of hydrogen-bond donors (Lipinski definition) is 2. The lowest BCUT2D eigenvalue weighted by Crippen LogP contribution is -2.52. The number of amides is 3. The number of rotatable bonds is 4. The van der Waals surface area contributed by atoms with Gasteiger partial charge in [0.2, 0.25) is 20.0 Å². The molecule has 2 N–H and O–H groups in total. The van der Waals surface area contributed by atoms with E-state index < -0.39 is 43.3 Å². The van der Waals surface area contributed by atoms with Gasteiger partial charge < -0.3 is 5.32 Å². The van der Waals surface area contributed by atoms with Gasteiger partial charge in [0.25, 0.3) is 5.91 Å². The summed E-state index contributed by atoms with van der Waals surface area (Å²) >= 11 is 0. The zero-order chi connectivity index (χ0) is 24.0. The molecular weight excluding hydrogens is 468 g/mol. The number of urea groups is 1. The number of aromatic nitrogens is 1. The fraction of sp³-hybridized carbons (Fsp3) is 0.333. The first-order valence-electron chi connectivity index (χ1n) is 10.0. The average Bonchev–Trinajstić information content (AvgIpc) is 3.26. The molecule has 0 spiro atoms. The van der Waals surface area contributed by atoms with Gasteiger partial charge in [0, 0.05) is 35.8 Å². The third-order valence-corrected chi connectivity index (χ3v) is 8.66. The molecule has 10 nitrogen and oxygen atoms in total. The number of benzene rings is 1. The van der Waals surface area contributed by atoms with Crippen LogP contribution in [0, 0.1) is 11.8 Å². The van der Waals surface area contributed by atoms with Gasteiger partial charge in [-0.05, 0) is 31.5 Å². The molecule has 2 aliphatic rings. The largest absolute Gasteiger partial charge is 0.322 e. The van der Waals surface area contributed by atoms with Crippen LogP contribution in [0.2, 0.25) is 0 Å². The van der Waals surface area contributed by atoms with Crippen LogP contribution in [0.1, 0.15) is 18.9 Å². The van der Waals surface area contributed by atoms with Gasteiger partial charge in [-0.15, -0.1) is 0 Å². The molecule has 0 saturated carbocycles. The van der Waals surface area contributed by atoms with Crippen molar-refractivity contribution >= 4 is 42.9 Å². The van der Waals surface area contributed by atoms with Crippen molar-refractivity contribution in [2.24, 2.45) is 0 Å². The summed E-state index contributed by atoms with van der Waals surface area (Å²) in [7, 11) is -7.24. The second kappa shape index (κ2) is 8.02. The molecule has 1 aromatic carbocycles. The first-order chi connectivity index (χ1) is 15.4. The molecule has 1 atom stereocenters. The lowest BCUT2D eigenvalue weighted by Gasteiger charge is -2.28. The molecule has 0 bridgehead atoms. The highest BCUT2D eigenvalue weighted by Gasteiger charge is 2.46. The lowest BCUT2D eigenvalue weighted by molar-refractivity contribution is -0.122. The van der Waals surface area contributed by atoms with E-state index in [1.165, 1.54) is 21.4 Å². The standard InChI is InChI=1S/C21H22N4O6S2/c1-21(19(26)22-20(27)23-21)14-33(30,31)24-11-8-15(9-12-24)6-7-16-4-3-5-18-17(16)10-13-25(18)32(2,28)29/h3-5,8,10,13H,9,11-12,14H2,1-2H3,(H2,22,23,26,27)/t21-/m1/s1. The molecule has 0 aliphatic carbocycles. The second-order valence-corrected chi connectivity index (χ2v) is 12.0. The molecule has 2 aromatic rings. The number of nitrogens with zero attached hydrogens (tertiary/aromatic N) is 2. The highest BCUT2D eigenvalue weighted by molar-refractivity contribution is 7.89. The smallest absolute Gasteiger partial charge is 0.322 e. The van der Waals surface area contributed by atoms with E-state index in [0.717, 1.165) is 11.8 Å². The van der Waals surface area contributed by atoms with E-state index in [9.17, 15) is 26.4 Å². The minimum absolute atomic E-state index is 0.104. The summed E-state index contributed by atoms with van der Waals surface area (Å²) in [5.74, 6) is 4.90. The second-order valence-electron chi connectivity index (χ2n) is 8.20. The summed E-state index contributed by atoms with van der Waals surface area (Å²) < 4.78 is 51.9. The maximum atomic E-state index is 12.8. The van der Waals surface area contributed by atoms with Crippen LogP contribution in [-0.2, 0) is 24.8 Å². The minimum Gasteiger partial charge on any atom is -0.322 e. The molecule has 1 fully saturated rings. The molecule has 3 heterocycles. The Kier molecular flexibility index (Phi) is 5.60. The number of carbonyl (C=O) groups is 2. The molecule has 0 radical (unpaired) electrons. The van der Waals surface area contributed by atoms with Crippen LogP contribution in [0.3, 0.4) is 0 Å². The Labute approximate surface area is 191 Å². The van der Waals surface area contributed by atoms with E-state index in [1.54, 1.807) is 30.3 Å². The first kappa shape index (κ1) is 23.0. The monoisotopic (exact) mass is 490 g/mol. The lowest BCUT2D eigenvalue weighted by atomic mass is 10.1. The van der Waals surface area contributed by atoms with E-state index >= 15 is 0 Å². The molecule has 12 heteroatoms. The molecule has 4 rings (SSSR count). The molecule has 3 amide bonds. The Hall–Kier alpha value is -3.14. The molecule has 2 aliphatic heterocycles. The molecule has 33 heavy (non-hydrogen) atoms. The van der Waals surface area contributed by atoms with Crippen molar-refractivity contribution in [1.29, 1.82) is 0 Å². The quantitative estimate of drug-likeness (QED) is 0.469. The van der Waals surface area contributed by atoms with Gasteiger partial charge in [-0.2, -0.15) is 4.31 Å². The minimum atomic E-state index is -3.81.